The van der Waals surface area contributed by atoms with Crippen LogP contribution in [0.3, 0.4) is 0 Å². The van der Waals surface area contributed by atoms with Crippen molar-refractivity contribution in [1.82, 2.24) is 5.32 Å². The molecule has 1 unspecified atom stereocenters. The first-order valence-electron chi connectivity index (χ1n) is 6.19. The van der Waals surface area contributed by atoms with Gasteiger partial charge in [-0.15, -0.1) is 0 Å². The number of hydrogen-bond acceptors (Lipinski definition) is 3. The molecule has 0 aliphatic rings. The summed E-state index contributed by atoms with van der Waals surface area (Å²) in [5, 5.41) is 11.8. The highest BCUT2D eigenvalue weighted by atomic mass is 16.5. The van der Waals surface area contributed by atoms with Crippen molar-refractivity contribution in [3.63, 3.8) is 0 Å². The van der Waals surface area contributed by atoms with Crippen LogP contribution in [0, 0.1) is 0 Å². The molecule has 0 aliphatic carbocycles. The summed E-state index contributed by atoms with van der Waals surface area (Å²) in [6.07, 6.45) is 1.36. The number of hydrogen-bond donors (Lipinski definition) is 2. The van der Waals surface area contributed by atoms with Crippen LogP contribution in [0.1, 0.15) is 25.3 Å². The summed E-state index contributed by atoms with van der Waals surface area (Å²) in [6.45, 7) is 2.23. The number of carbonyl (C=O) groups is 1. The SMILES string of the molecule is COc1cccc(CCC(=O)NCCC(C)O)c1. The first-order valence-corrected chi connectivity index (χ1v) is 6.19. The molecule has 0 heterocycles. The Labute approximate surface area is 108 Å². The third-order valence-corrected chi connectivity index (χ3v) is 2.66. The number of aliphatic hydroxyl groups is 1. The van der Waals surface area contributed by atoms with Crippen molar-refractivity contribution >= 4 is 5.91 Å². The molecule has 4 heteroatoms. The number of aryl methyl sites for hydroxylation is 1. The molecule has 1 amide bonds. The van der Waals surface area contributed by atoms with Gasteiger partial charge in [-0.25, -0.2) is 0 Å². The van der Waals surface area contributed by atoms with Crippen LogP contribution < -0.4 is 10.1 Å². The fraction of sp³-hybridized carbons (Fsp3) is 0.500. The summed E-state index contributed by atoms with van der Waals surface area (Å²) in [5.41, 5.74) is 1.08. The molecule has 0 saturated carbocycles. The van der Waals surface area contributed by atoms with E-state index in [2.05, 4.69) is 5.32 Å². The molecular weight excluding hydrogens is 230 g/mol. The second-order valence-electron chi connectivity index (χ2n) is 4.34. The number of amides is 1. The van der Waals surface area contributed by atoms with Crippen molar-refractivity contribution < 1.29 is 14.6 Å². The Morgan fingerprint density at radius 3 is 2.94 bits per heavy atom. The highest BCUT2D eigenvalue weighted by Crippen LogP contribution is 2.13. The van der Waals surface area contributed by atoms with Crippen molar-refractivity contribution in [3.05, 3.63) is 29.8 Å². The van der Waals surface area contributed by atoms with E-state index in [1.54, 1.807) is 14.0 Å². The quantitative estimate of drug-likeness (QED) is 0.772. The Balaban J connectivity index is 2.29. The van der Waals surface area contributed by atoms with Crippen LogP contribution in [0.5, 0.6) is 5.75 Å². The maximum Gasteiger partial charge on any atom is 0.220 e. The molecule has 18 heavy (non-hydrogen) atoms. The van der Waals surface area contributed by atoms with Crippen LogP contribution in [0.15, 0.2) is 24.3 Å². The van der Waals surface area contributed by atoms with Gasteiger partial charge in [0, 0.05) is 13.0 Å². The standard InChI is InChI=1S/C14H21NO3/c1-11(16)8-9-15-14(17)7-6-12-4-3-5-13(10-12)18-2/h3-5,10-11,16H,6-9H2,1-2H3,(H,15,17). The average molecular weight is 251 g/mol. The van der Waals surface area contributed by atoms with Gasteiger partial charge in [0.2, 0.25) is 5.91 Å². The lowest BCUT2D eigenvalue weighted by molar-refractivity contribution is -0.121. The van der Waals surface area contributed by atoms with E-state index in [0.29, 0.717) is 25.8 Å². The number of carbonyl (C=O) groups excluding carboxylic acids is 1. The monoisotopic (exact) mass is 251 g/mol. The van der Waals surface area contributed by atoms with Gasteiger partial charge in [-0.2, -0.15) is 0 Å². The minimum atomic E-state index is -0.372. The summed E-state index contributed by atoms with van der Waals surface area (Å²) in [6, 6.07) is 7.71. The third kappa shape index (κ3) is 5.68. The van der Waals surface area contributed by atoms with Crippen LogP contribution in [-0.2, 0) is 11.2 Å². The molecule has 0 bridgehead atoms. The highest BCUT2D eigenvalue weighted by Gasteiger charge is 2.03. The third-order valence-electron chi connectivity index (χ3n) is 2.66. The van der Waals surface area contributed by atoms with Crippen molar-refractivity contribution in [1.29, 1.82) is 0 Å². The molecule has 1 atom stereocenters. The van der Waals surface area contributed by atoms with Crippen molar-refractivity contribution in [2.75, 3.05) is 13.7 Å². The number of aliphatic hydroxyl groups excluding tert-OH is 1. The first-order chi connectivity index (χ1) is 8.61. The average Bonchev–Trinajstić information content (AvgIpc) is 2.36. The Kier molecular flexibility index (Phi) is 6.22. The molecule has 0 aromatic heterocycles. The summed E-state index contributed by atoms with van der Waals surface area (Å²) < 4.78 is 5.12. The smallest absolute Gasteiger partial charge is 0.220 e. The summed E-state index contributed by atoms with van der Waals surface area (Å²) in [5.74, 6) is 0.820. The first kappa shape index (κ1) is 14.5. The highest BCUT2D eigenvalue weighted by molar-refractivity contribution is 5.76. The van der Waals surface area contributed by atoms with Gasteiger partial charge in [0.15, 0.2) is 0 Å². The lowest BCUT2D eigenvalue weighted by Gasteiger charge is -2.07. The number of nitrogens with one attached hydrogen (secondary N) is 1. The molecule has 0 spiro atoms. The summed E-state index contributed by atoms with van der Waals surface area (Å²) in [4.78, 5) is 11.5. The Bertz CT molecular complexity index is 377. The minimum Gasteiger partial charge on any atom is -0.497 e. The molecule has 0 aliphatic heterocycles. The Hall–Kier alpha value is -1.55. The van der Waals surface area contributed by atoms with E-state index in [4.69, 9.17) is 9.84 Å². The zero-order valence-corrected chi connectivity index (χ0v) is 11.0. The Morgan fingerprint density at radius 2 is 2.28 bits per heavy atom. The van der Waals surface area contributed by atoms with Crippen LogP contribution in [0.4, 0.5) is 0 Å². The molecule has 4 nitrogen and oxygen atoms in total. The molecule has 0 fully saturated rings. The maximum atomic E-state index is 11.5. The fourth-order valence-electron chi connectivity index (χ4n) is 1.59. The van der Waals surface area contributed by atoms with Crippen LogP contribution in [-0.4, -0.2) is 30.8 Å². The summed E-state index contributed by atoms with van der Waals surface area (Å²) in [7, 11) is 1.63. The number of benzene rings is 1. The van der Waals surface area contributed by atoms with Crippen molar-refractivity contribution in [3.8, 4) is 5.75 Å². The van der Waals surface area contributed by atoms with Gasteiger partial charge in [-0.3, -0.25) is 4.79 Å². The van der Waals surface area contributed by atoms with Crippen LogP contribution >= 0.6 is 0 Å². The molecule has 0 radical (unpaired) electrons. The van der Waals surface area contributed by atoms with E-state index in [9.17, 15) is 4.79 Å². The van der Waals surface area contributed by atoms with Gasteiger partial charge >= 0.3 is 0 Å². The zero-order valence-electron chi connectivity index (χ0n) is 11.0. The molecule has 2 N–H and O–H groups in total. The largest absolute Gasteiger partial charge is 0.497 e. The van der Waals surface area contributed by atoms with Crippen molar-refractivity contribution in [2.24, 2.45) is 0 Å². The fourth-order valence-corrected chi connectivity index (χ4v) is 1.59. The van der Waals surface area contributed by atoms with Gasteiger partial charge in [0.05, 0.1) is 13.2 Å². The molecular formula is C14H21NO3. The van der Waals surface area contributed by atoms with Crippen molar-refractivity contribution in [2.45, 2.75) is 32.3 Å². The van der Waals surface area contributed by atoms with Gasteiger partial charge in [-0.05, 0) is 37.5 Å². The number of ether oxygens (including phenoxy) is 1. The van der Waals surface area contributed by atoms with Gasteiger partial charge in [0.1, 0.15) is 5.75 Å². The topological polar surface area (TPSA) is 58.6 Å². The normalized spacial score (nSPS) is 11.9. The lowest BCUT2D eigenvalue weighted by atomic mass is 10.1. The van der Waals surface area contributed by atoms with E-state index < -0.39 is 0 Å². The predicted octanol–water partition coefficient (Wildman–Crippen LogP) is 1.51. The zero-order chi connectivity index (χ0) is 13.4. The lowest BCUT2D eigenvalue weighted by Crippen LogP contribution is -2.26. The Morgan fingerprint density at radius 1 is 1.50 bits per heavy atom. The van der Waals surface area contributed by atoms with Crippen LogP contribution in [0.2, 0.25) is 0 Å². The van der Waals surface area contributed by atoms with E-state index in [1.165, 1.54) is 0 Å². The minimum absolute atomic E-state index is 0.0125. The van der Waals surface area contributed by atoms with Gasteiger partial charge in [-0.1, -0.05) is 12.1 Å². The molecule has 1 rings (SSSR count). The summed E-state index contributed by atoms with van der Waals surface area (Å²) >= 11 is 0. The second-order valence-corrected chi connectivity index (χ2v) is 4.34. The van der Waals surface area contributed by atoms with E-state index >= 15 is 0 Å². The number of rotatable bonds is 7. The van der Waals surface area contributed by atoms with E-state index in [0.717, 1.165) is 11.3 Å². The molecule has 1 aromatic rings. The van der Waals surface area contributed by atoms with Gasteiger partial charge < -0.3 is 15.2 Å². The van der Waals surface area contributed by atoms with Gasteiger partial charge in [0.25, 0.3) is 0 Å². The van der Waals surface area contributed by atoms with E-state index in [-0.39, 0.29) is 12.0 Å². The predicted molar refractivity (Wildman–Crippen MR) is 70.6 cm³/mol. The van der Waals surface area contributed by atoms with Crippen LogP contribution in [0.25, 0.3) is 0 Å². The maximum absolute atomic E-state index is 11.5. The number of methoxy groups -OCH3 is 1. The molecule has 1 aromatic carbocycles. The molecule has 0 saturated heterocycles. The second kappa shape index (κ2) is 7.71. The van der Waals surface area contributed by atoms with E-state index in [1.807, 2.05) is 24.3 Å². The molecule has 100 valence electrons.